The number of rotatable bonds is 7. The third kappa shape index (κ3) is 5.73. The van der Waals surface area contributed by atoms with Crippen molar-refractivity contribution in [2.75, 3.05) is 11.9 Å². The molecule has 4 aromatic rings. The third-order valence-corrected chi connectivity index (χ3v) is 7.21. The lowest BCUT2D eigenvalue weighted by atomic mass is 10.0. The van der Waals surface area contributed by atoms with Crippen molar-refractivity contribution in [1.29, 1.82) is 0 Å². The Morgan fingerprint density at radius 1 is 1.05 bits per heavy atom. The van der Waals surface area contributed by atoms with Gasteiger partial charge in [0.05, 0.1) is 17.2 Å². The lowest BCUT2D eigenvalue weighted by Gasteiger charge is -2.12. The minimum Gasteiger partial charge on any atom is -0.505 e. The third-order valence-electron chi connectivity index (χ3n) is 5.47. The Labute approximate surface area is 228 Å². The Bertz CT molecular complexity index is 1710. The number of phenols is 1. The molecule has 38 heavy (non-hydrogen) atoms. The van der Waals surface area contributed by atoms with Gasteiger partial charge in [-0.1, -0.05) is 53.5 Å². The maximum absolute atomic E-state index is 13.2. The molecule has 0 saturated carbocycles. The fourth-order valence-corrected chi connectivity index (χ4v) is 5.19. The number of aromatic hydroxyl groups is 1. The van der Waals surface area contributed by atoms with E-state index in [9.17, 15) is 22.9 Å². The maximum Gasteiger partial charge on any atom is 0.298 e. The first kappa shape index (κ1) is 27.3. The van der Waals surface area contributed by atoms with Crippen molar-refractivity contribution in [3.8, 4) is 11.5 Å². The van der Waals surface area contributed by atoms with Crippen LogP contribution in [-0.4, -0.2) is 30.6 Å². The zero-order chi connectivity index (χ0) is 27.6. The summed E-state index contributed by atoms with van der Waals surface area (Å²) >= 11 is 12.3. The predicted octanol–water partition coefficient (Wildman–Crippen LogP) is 7.47. The Morgan fingerprint density at radius 2 is 1.79 bits per heavy atom. The molecule has 196 valence electrons. The van der Waals surface area contributed by atoms with Gasteiger partial charge in [0.25, 0.3) is 16.0 Å². The molecule has 0 saturated heterocycles. The highest BCUT2D eigenvalue weighted by Crippen LogP contribution is 2.41. The first-order valence-electron chi connectivity index (χ1n) is 11.2. The van der Waals surface area contributed by atoms with Crippen molar-refractivity contribution in [3.05, 3.63) is 81.8 Å². The van der Waals surface area contributed by atoms with Crippen LogP contribution in [0, 0.1) is 6.92 Å². The molecule has 0 spiro atoms. The average Bonchev–Trinajstić information content (AvgIpc) is 2.84. The van der Waals surface area contributed by atoms with Crippen LogP contribution in [0.5, 0.6) is 11.5 Å². The molecular weight excluding hydrogens is 553 g/mol. The monoisotopic (exact) mass is 573 g/mol. The quantitative estimate of drug-likeness (QED) is 0.155. The number of ether oxygens (including phenoxy) is 1. The van der Waals surface area contributed by atoms with Gasteiger partial charge in [0.2, 0.25) is 0 Å². The largest absolute Gasteiger partial charge is 0.505 e. The minimum absolute atomic E-state index is 0.0904. The summed E-state index contributed by atoms with van der Waals surface area (Å²) in [5.74, 6) is -0.700. The summed E-state index contributed by atoms with van der Waals surface area (Å²) in [4.78, 5) is 12.6. The van der Waals surface area contributed by atoms with Gasteiger partial charge < -0.3 is 15.2 Å². The van der Waals surface area contributed by atoms with E-state index in [1.54, 1.807) is 43.3 Å². The smallest absolute Gasteiger partial charge is 0.298 e. The van der Waals surface area contributed by atoms with E-state index in [2.05, 4.69) is 15.5 Å². The molecule has 4 rings (SSSR count). The molecule has 0 bridgehead atoms. The number of nitrogens with zero attached hydrogens (tertiary/aromatic N) is 2. The molecule has 3 N–H and O–H groups in total. The number of azo groups is 1. The van der Waals surface area contributed by atoms with Gasteiger partial charge in [0, 0.05) is 22.2 Å². The summed E-state index contributed by atoms with van der Waals surface area (Å²) in [7, 11) is -4.74. The van der Waals surface area contributed by atoms with E-state index in [0.717, 1.165) is 0 Å². The summed E-state index contributed by atoms with van der Waals surface area (Å²) in [6.45, 7) is 3.78. The van der Waals surface area contributed by atoms with Crippen molar-refractivity contribution in [3.63, 3.8) is 0 Å². The fourth-order valence-electron chi connectivity index (χ4n) is 3.75. The molecular formula is C26H21Cl2N3O6S. The van der Waals surface area contributed by atoms with Gasteiger partial charge in [0.15, 0.2) is 5.75 Å². The van der Waals surface area contributed by atoms with Crippen LogP contribution in [0.3, 0.4) is 0 Å². The van der Waals surface area contributed by atoms with Crippen LogP contribution in [-0.2, 0) is 10.1 Å². The van der Waals surface area contributed by atoms with Gasteiger partial charge in [-0.15, -0.1) is 10.2 Å². The highest BCUT2D eigenvalue weighted by molar-refractivity contribution is 7.86. The van der Waals surface area contributed by atoms with Crippen molar-refractivity contribution >= 4 is 67.1 Å². The number of nitrogens with one attached hydrogen (secondary N) is 1. The number of halogens is 2. The van der Waals surface area contributed by atoms with Crippen molar-refractivity contribution in [2.45, 2.75) is 18.7 Å². The maximum atomic E-state index is 13.2. The SMILES string of the molecule is CCOc1cc(Cl)cc(NC(=O)c2cc3ccccc3c(N=Nc3ccc(C)c(Cl)c3S(=O)(=O)O)c2O)c1. The van der Waals surface area contributed by atoms with Crippen molar-refractivity contribution in [2.24, 2.45) is 10.2 Å². The number of fused-ring (bicyclic) bond motifs is 1. The molecule has 0 aliphatic heterocycles. The van der Waals surface area contributed by atoms with E-state index >= 15 is 0 Å². The molecule has 0 fully saturated rings. The first-order valence-corrected chi connectivity index (χ1v) is 13.4. The summed E-state index contributed by atoms with van der Waals surface area (Å²) < 4.78 is 39.1. The molecule has 1 amide bonds. The molecule has 4 aromatic carbocycles. The Hall–Kier alpha value is -3.70. The number of carbonyl (C=O) groups excluding carboxylic acids is 1. The highest BCUT2D eigenvalue weighted by Gasteiger charge is 2.23. The Balaban J connectivity index is 1.81. The summed E-state index contributed by atoms with van der Waals surface area (Å²) in [5, 5.41) is 22.9. The fraction of sp³-hybridized carbons (Fsp3) is 0.115. The average molecular weight is 574 g/mol. The summed E-state index contributed by atoms with van der Waals surface area (Å²) in [6.07, 6.45) is 0. The predicted molar refractivity (Wildman–Crippen MR) is 146 cm³/mol. The number of anilines is 1. The van der Waals surface area contributed by atoms with Crippen LogP contribution >= 0.6 is 23.2 Å². The number of amides is 1. The molecule has 9 nitrogen and oxygen atoms in total. The van der Waals surface area contributed by atoms with Crippen LogP contribution in [0.1, 0.15) is 22.8 Å². The summed E-state index contributed by atoms with van der Waals surface area (Å²) in [5.41, 5.74) is 0.288. The standard InChI is InChI=1S/C26H21Cl2N3O6S/c1-3-37-18-12-16(27)11-17(13-18)29-26(33)20-10-15-6-4-5-7-19(15)23(24(20)32)31-30-21-9-8-14(2)22(28)25(21)38(34,35)36/h4-13,32H,3H2,1-2H3,(H,29,33)(H,34,35,36). The molecule has 0 atom stereocenters. The molecule has 0 radical (unpaired) electrons. The number of carbonyl (C=O) groups is 1. The van der Waals surface area contributed by atoms with E-state index in [0.29, 0.717) is 39.4 Å². The van der Waals surface area contributed by atoms with Gasteiger partial charge >= 0.3 is 0 Å². The second kappa shape index (κ2) is 11.0. The van der Waals surface area contributed by atoms with Crippen LogP contribution in [0.2, 0.25) is 10.0 Å². The zero-order valence-corrected chi connectivity index (χ0v) is 22.4. The zero-order valence-electron chi connectivity index (χ0n) is 20.1. The van der Waals surface area contributed by atoms with Crippen molar-refractivity contribution < 1.29 is 27.6 Å². The van der Waals surface area contributed by atoms with Gasteiger partial charge in [-0.05, 0) is 49.1 Å². The number of phenolic OH excluding ortho intramolecular Hbond substituents is 1. The Kier molecular flexibility index (Phi) is 7.89. The van der Waals surface area contributed by atoms with Crippen LogP contribution in [0.15, 0.2) is 75.8 Å². The minimum atomic E-state index is -4.74. The molecule has 0 aliphatic rings. The highest BCUT2D eigenvalue weighted by atomic mass is 35.5. The number of hydrogen-bond acceptors (Lipinski definition) is 7. The van der Waals surface area contributed by atoms with Crippen LogP contribution in [0.4, 0.5) is 17.1 Å². The number of hydrogen-bond donors (Lipinski definition) is 3. The lowest BCUT2D eigenvalue weighted by molar-refractivity contribution is 0.102. The molecule has 0 heterocycles. The summed E-state index contributed by atoms with van der Waals surface area (Å²) in [6, 6.07) is 15.8. The van der Waals surface area contributed by atoms with Crippen molar-refractivity contribution in [1.82, 2.24) is 0 Å². The lowest BCUT2D eigenvalue weighted by Crippen LogP contribution is -2.12. The van der Waals surface area contributed by atoms with E-state index in [1.807, 2.05) is 6.92 Å². The van der Waals surface area contributed by atoms with Crippen LogP contribution in [0.25, 0.3) is 10.8 Å². The molecule has 12 heteroatoms. The van der Waals surface area contributed by atoms with E-state index in [1.165, 1.54) is 24.3 Å². The second-order valence-corrected chi connectivity index (χ2v) is 10.3. The van der Waals surface area contributed by atoms with E-state index < -0.39 is 26.7 Å². The molecule has 0 aromatic heterocycles. The normalized spacial score (nSPS) is 11.7. The van der Waals surface area contributed by atoms with Crippen LogP contribution < -0.4 is 10.1 Å². The van der Waals surface area contributed by atoms with E-state index in [4.69, 9.17) is 27.9 Å². The first-order chi connectivity index (χ1) is 18.0. The van der Waals surface area contributed by atoms with Gasteiger partial charge in [0.1, 0.15) is 22.0 Å². The van der Waals surface area contributed by atoms with E-state index in [-0.39, 0.29) is 22.0 Å². The second-order valence-electron chi connectivity index (χ2n) is 8.12. The number of aryl methyl sites for hydroxylation is 1. The Morgan fingerprint density at radius 3 is 2.50 bits per heavy atom. The van der Waals surface area contributed by atoms with Gasteiger partial charge in [-0.3, -0.25) is 9.35 Å². The molecule has 0 unspecified atom stereocenters. The topological polar surface area (TPSA) is 138 Å². The van der Waals surface area contributed by atoms with Gasteiger partial charge in [-0.25, -0.2) is 0 Å². The molecule has 0 aliphatic carbocycles. The number of benzene rings is 4. The van der Waals surface area contributed by atoms with Gasteiger partial charge in [-0.2, -0.15) is 8.42 Å².